The molecule has 7 heteroatoms. The van der Waals surface area contributed by atoms with E-state index in [2.05, 4.69) is 0 Å². The summed E-state index contributed by atoms with van der Waals surface area (Å²) in [7, 11) is -0.266. The minimum Gasteiger partial charge on any atom is -0.497 e. The number of hydrogen-bond acceptors (Lipinski definition) is 5. The zero-order valence-electron chi connectivity index (χ0n) is 14.5. The molecule has 0 aliphatic heterocycles. The number of benzene rings is 2. The van der Waals surface area contributed by atoms with E-state index in [0.29, 0.717) is 0 Å². The minimum absolute atomic E-state index is 0.0840. The van der Waals surface area contributed by atoms with Crippen LogP contribution in [0.3, 0.4) is 0 Å². The van der Waals surface area contributed by atoms with Crippen molar-refractivity contribution >= 4 is 10.0 Å². The maximum atomic E-state index is 12.6. The highest BCUT2D eigenvalue weighted by atomic mass is 32.2. The van der Waals surface area contributed by atoms with Crippen LogP contribution in [0.1, 0.15) is 11.1 Å². The molecular weight excluding hydrogens is 340 g/mol. The minimum atomic E-state index is -3.45. The zero-order chi connectivity index (χ0) is 18.3. The molecule has 2 rings (SSSR count). The Morgan fingerprint density at radius 1 is 0.840 bits per heavy atom. The summed E-state index contributed by atoms with van der Waals surface area (Å²) in [5, 5.41) is 0. The zero-order valence-corrected chi connectivity index (χ0v) is 15.3. The van der Waals surface area contributed by atoms with Crippen molar-refractivity contribution in [3.8, 4) is 11.5 Å². The van der Waals surface area contributed by atoms with Gasteiger partial charge in [0.25, 0.3) is 0 Å². The molecule has 0 radical (unpaired) electrons. The number of hydrogen-bond donors (Lipinski definition) is 1. The Morgan fingerprint density at radius 3 is 1.56 bits per heavy atom. The Kier molecular flexibility index (Phi) is 6.81. The second-order valence-electron chi connectivity index (χ2n) is 5.57. The van der Waals surface area contributed by atoms with Gasteiger partial charge in [0.15, 0.2) is 0 Å². The summed E-state index contributed by atoms with van der Waals surface area (Å²) in [6, 6.07) is 14.7. The summed E-state index contributed by atoms with van der Waals surface area (Å²) in [5.74, 6) is 1.38. The van der Waals surface area contributed by atoms with Crippen LogP contribution >= 0.6 is 0 Å². The summed E-state index contributed by atoms with van der Waals surface area (Å²) in [4.78, 5) is 0. The van der Waals surface area contributed by atoms with Gasteiger partial charge in [0, 0.05) is 19.6 Å². The van der Waals surface area contributed by atoms with Gasteiger partial charge in [-0.3, -0.25) is 0 Å². The number of methoxy groups -OCH3 is 2. The van der Waals surface area contributed by atoms with Gasteiger partial charge in [-0.1, -0.05) is 24.3 Å². The van der Waals surface area contributed by atoms with E-state index in [1.165, 1.54) is 4.31 Å². The van der Waals surface area contributed by atoms with Crippen LogP contribution < -0.4 is 15.2 Å². The van der Waals surface area contributed by atoms with Crippen molar-refractivity contribution in [2.45, 2.75) is 13.1 Å². The molecule has 2 N–H and O–H groups in total. The average Bonchev–Trinajstić information content (AvgIpc) is 2.62. The standard InChI is InChI=1S/C18H24N2O4S/c1-23-17-7-3-15(4-8-17)13-20(25(21,22)12-11-19)14-16-5-9-18(24-2)10-6-16/h3-10H,11-14,19H2,1-2H3. The van der Waals surface area contributed by atoms with E-state index >= 15 is 0 Å². The molecule has 0 spiro atoms. The molecule has 0 unspecified atom stereocenters. The quantitative estimate of drug-likeness (QED) is 0.736. The Balaban J connectivity index is 2.22. The van der Waals surface area contributed by atoms with Crippen LogP contribution in [-0.4, -0.2) is 39.2 Å². The van der Waals surface area contributed by atoms with Crippen molar-refractivity contribution < 1.29 is 17.9 Å². The molecule has 0 fully saturated rings. The van der Waals surface area contributed by atoms with Gasteiger partial charge in [0.05, 0.1) is 20.0 Å². The monoisotopic (exact) mass is 364 g/mol. The van der Waals surface area contributed by atoms with Crippen LogP contribution in [0.2, 0.25) is 0 Å². The van der Waals surface area contributed by atoms with Crippen molar-refractivity contribution in [3.63, 3.8) is 0 Å². The lowest BCUT2D eigenvalue weighted by Crippen LogP contribution is -2.34. The third kappa shape index (κ3) is 5.45. The Labute approximate surface area is 149 Å². The van der Waals surface area contributed by atoms with Crippen LogP contribution in [0.15, 0.2) is 48.5 Å². The first-order valence-electron chi connectivity index (χ1n) is 7.92. The highest BCUT2D eigenvalue weighted by molar-refractivity contribution is 7.89. The van der Waals surface area contributed by atoms with Crippen molar-refractivity contribution in [1.29, 1.82) is 0 Å². The molecule has 0 aliphatic rings. The highest BCUT2D eigenvalue weighted by Crippen LogP contribution is 2.19. The number of nitrogens with zero attached hydrogens (tertiary/aromatic N) is 1. The molecule has 0 aliphatic carbocycles. The molecule has 2 aromatic rings. The Hall–Kier alpha value is -2.09. The summed E-state index contributed by atoms with van der Waals surface area (Å²) in [6.07, 6.45) is 0. The molecule has 0 amide bonds. The van der Waals surface area contributed by atoms with E-state index in [0.717, 1.165) is 22.6 Å². The van der Waals surface area contributed by atoms with Crippen LogP contribution in [-0.2, 0) is 23.1 Å². The smallest absolute Gasteiger partial charge is 0.215 e. The summed E-state index contributed by atoms with van der Waals surface area (Å²) >= 11 is 0. The SMILES string of the molecule is COc1ccc(CN(Cc2ccc(OC)cc2)S(=O)(=O)CCN)cc1. The van der Waals surface area contributed by atoms with Gasteiger partial charge in [-0.05, 0) is 35.4 Å². The van der Waals surface area contributed by atoms with Crippen molar-refractivity contribution in [1.82, 2.24) is 4.31 Å². The van der Waals surface area contributed by atoms with Gasteiger partial charge in [-0.25, -0.2) is 8.42 Å². The molecule has 0 saturated carbocycles. The van der Waals surface area contributed by atoms with Gasteiger partial charge in [-0.2, -0.15) is 4.31 Å². The first-order chi connectivity index (χ1) is 12.0. The van der Waals surface area contributed by atoms with Crippen LogP contribution in [0.4, 0.5) is 0 Å². The topological polar surface area (TPSA) is 81.9 Å². The lowest BCUT2D eigenvalue weighted by atomic mass is 10.2. The van der Waals surface area contributed by atoms with Gasteiger partial charge >= 0.3 is 0 Å². The van der Waals surface area contributed by atoms with Gasteiger partial charge in [0.1, 0.15) is 11.5 Å². The van der Waals surface area contributed by atoms with Gasteiger partial charge < -0.3 is 15.2 Å². The fourth-order valence-corrected chi connectivity index (χ4v) is 3.65. The van der Waals surface area contributed by atoms with E-state index in [-0.39, 0.29) is 25.4 Å². The lowest BCUT2D eigenvalue weighted by Gasteiger charge is -2.22. The molecule has 25 heavy (non-hydrogen) atoms. The summed E-state index contributed by atoms with van der Waals surface area (Å²) < 4.78 is 36.9. The van der Waals surface area contributed by atoms with E-state index < -0.39 is 10.0 Å². The van der Waals surface area contributed by atoms with Crippen LogP contribution in [0.25, 0.3) is 0 Å². The molecule has 0 atom stereocenters. The van der Waals surface area contributed by atoms with E-state index in [4.69, 9.17) is 15.2 Å². The van der Waals surface area contributed by atoms with E-state index in [1.807, 2.05) is 48.5 Å². The normalized spacial score (nSPS) is 11.5. The summed E-state index contributed by atoms with van der Waals surface area (Å²) in [6.45, 7) is 0.640. The second-order valence-corrected chi connectivity index (χ2v) is 7.66. The lowest BCUT2D eigenvalue weighted by molar-refractivity contribution is 0.398. The average molecular weight is 364 g/mol. The largest absolute Gasteiger partial charge is 0.497 e. The Bertz CT molecular complexity index is 709. The van der Waals surface area contributed by atoms with Crippen LogP contribution in [0.5, 0.6) is 11.5 Å². The third-order valence-corrected chi connectivity index (χ3v) is 5.60. The first kappa shape index (κ1) is 19.2. The molecule has 6 nitrogen and oxygen atoms in total. The number of sulfonamides is 1. The maximum absolute atomic E-state index is 12.6. The molecule has 0 saturated heterocycles. The van der Waals surface area contributed by atoms with Crippen molar-refractivity contribution in [3.05, 3.63) is 59.7 Å². The van der Waals surface area contributed by atoms with Crippen molar-refractivity contribution in [2.24, 2.45) is 5.73 Å². The first-order valence-corrected chi connectivity index (χ1v) is 9.53. The number of nitrogens with two attached hydrogens (primary N) is 1. The molecule has 0 heterocycles. The van der Waals surface area contributed by atoms with Gasteiger partial charge in [0.2, 0.25) is 10.0 Å². The molecule has 2 aromatic carbocycles. The predicted molar refractivity (Wildman–Crippen MR) is 98.1 cm³/mol. The maximum Gasteiger partial charge on any atom is 0.215 e. The summed E-state index contributed by atoms with van der Waals surface area (Å²) in [5.41, 5.74) is 7.24. The molecule has 136 valence electrons. The van der Waals surface area contributed by atoms with E-state index in [9.17, 15) is 8.42 Å². The second kappa shape index (κ2) is 8.84. The fraction of sp³-hybridized carbons (Fsp3) is 0.333. The fourth-order valence-electron chi connectivity index (χ4n) is 2.40. The number of ether oxygens (including phenoxy) is 2. The highest BCUT2D eigenvalue weighted by Gasteiger charge is 2.22. The Morgan fingerprint density at radius 2 is 1.24 bits per heavy atom. The molecule has 0 bridgehead atoms. The van der Waals surface area contributed by atoms with Crippen LogP contribution in [0, 0.1) is 0 Å². The van der Waals surface area contributed by atoms with Crippen molar-refractivity contribution in [2.75, 3.05) is 26.5 Å². The van der Waals surface area contributed by atoms with Gasteiger partial charge in [-0.15, -0.1) is 0 Å². The number of rotatable bonds is 9. The van der Waals surface area contributed by atoms with E-state index in [1.54, 1.807) is 14.2 Å². The molecular formula is C18H24N2O4S. The predicted octanol–water partition coefficient (Wildman–Crippen LogP) is 1.99. The third-order valence-electron chi connectivity index (χ3n) is 3.81. The molecule has 0 aromatic heterocycles.